The molecule has 2 aromatic rings. The molecule has 1 saturated heterocycles. The van der Waals surface area contributed by atoms with Crippen LogP contribution < -0.4 is 16.0 Å². The summed E-state index contributed by atoms with van der Waals surface area (Å²) in [4.78, 5) is 10.6. The topological polar surface area (TPSA) is 75.8 Å². The zero-order valence-corrected chi connectivity index (χ0v) is 18.7. The zero-order valence-electron chi connectivity index (χ0n) is 16.4. The number of rotatable bonds is 4. The van der Waals surface area contributed by atoms with E-state index < -0.39 is 0 Å². The van der Waals surface area contributed by atoms with Crippen LogP contribution in [0.25, 0.3) is 0 Å². The molecule has 1 fully saturated rings. The Morgan fingerprint density at radius 3 is 2.83 bits per heavy atom. The molecule has 0 bridgehead atoms. The highest BCUT2D eigenvalue weighted by Gasteiger charge is 2.17. The molecule has 2 aliphatic rings. The van der Waals surface area contributed by atoms with E-state index in [9.17, 15) is 4.39 Å². The Hall–Kier alpha value is -1.94. The van der Waals surface area contributed by atoms with E-state index in [0.29, 0.717) is 43.6 Å². The van der Waals surface area contributed by atoms with Crippen LogP contribution in [0.15, 0.2) is 35.5 Å². The lowest BCUT2D eigenvalue weighted by Gasteiger charge is -2.28. The van der Waals surface area contributed by atoms with Crippen LogP contribution >= 0.6 is 24.0 Å². The first kappa shape index (κ1) is 21.8. The Morgan fingerprint density at radius 1 is 1.24 bits per heavy atom. The summed E-state index contributed by atoms with van der Waals surface area (Å²) in [5.41, 5.74) is 10.5. The van der Waals surface area contributed by atoms with E-state index in [4.69, 9.17) is 10.5 Å². The van der Waals surface area contributed by atoms with E-state index in [0.717, 1.165) is 18.5 Å². The number of pyridine rings is 1. The number of guanidine groups is 1. The Labute approximate surface area is 187 Å². The molecule has 1 aromatic heterocycles. The zero-order chi connectivity index (χ0) is 19.3. The Kier molecular flexibility index (Phi) is 7.65. The van der Waals surface area contributed by atoms with Crippen molar-refractivity contribution in [3.8, 4) is 0 Å². The third-order valence-electron chi connectivity index (χ3n) is 5.28. The summed E-state index contributed by atoms with van der Waals surface area (Å²) in [6.45, 7) is 2.78. The number of nitrogens with zero attached hydrogens (tertiary/aromatic N) is 3. The van der Waals surface area contributed by atoms with Crippen molar-refractivity contribution < 1.29 is 9.13 Å². The SMILES string of the molecule is I.NC(=NCc1cnc(N2CCOCC2)c(F)c1)Nc1cccc2c1CCCC2. The molecule has 1 aliphatic carbocycles. The van der Waals surface area contributed by atoms with Crippen molar-refractivity contribution in [2.75, 3.05) is 36.5 Å². The molecular weight excluding hydrogens is 484 g/mol. The Balaban J connectivity index is 0.00000240. The molecule has 29 heavy (non-hydrogen) atoms. The van der Waals surface area contributed by atoms with Crippen molar-refractivity contribution >= 4 is 41.4 Å². The Bertz CT molecular complexity index is 870. The number of nitrogens with two attached hydrogens (primary N) is 1. The van der Waals surface area contributed by atoms with E-state index in [2.05, 4.69) is 21.4 Å². The lowest BCUT2D eigenvalue weighted by atomic mass is 9.90. The van der Waals surface area contributed by atoms with Gasteiger partial charge in [0.05, 0.1) is 19.8 Å². The predicted molar refractivity (Wildman–Crippen MR) is 125 cm³/mol. The number of aliphatic imine (C=N–C) groups is 1. The molecular formula is C21H27FIN5O. The lowest BCUT2D eigenvalue weighted by Crippen LogP contribution is -2.37. The molecule has 0 unspecified atom stereocenters. The second-order valence-electron chi connectivity index (χ2n) is 7.23. The van der Waals surface area contributed by atoms with Gasteiger partial charge in [0.25, 0.3) is 0 Å². The maximum atomic E-state index is 14.5. The summed E-state index contributed by atoms with van der Waals surface area (Å²) in [6, 6.07) is 7.74. The highest BCUT2D eigenvalue weighted by Crippen LogP contribution is 2.27. The molecule has 6 nitrogen and oxygen atoms in total. The molecule has 156 valence electrons. The molecule has 0 atom stereocenters. The van der Waals surface area contributed by atoms with Crippen LogP contribution in [-0.4, -0.2) is 37.2 Å². The maximum Gasteiger partial charge on any atom is 0.193 e. The van der Waals surface area contributed by atoms with Crippen molar-refractivity contribution in [1.82, 2.24) is 4.98 Å². The van der Waals surface area contributed by atoms with Gasteiger partial charge in [-0.3, -0.25) is 0 Å². The lowest BCUT2D eigenvalue weighted by molar-refractivity contribution is 0.122. The van der Waals surface area contributed by atoms with E-state index in [-0.39, 0.29) is 36.3 Å². The molecule has 8 heteroatoms. The van der Waals surface area contributed by atoms with Gasteiger partial charge in [-0.2, -0.15) is 0 Å². The summed E-state index contributed by atoms with van der Waals surface area (Å²) in [5, 5.41) is 3.21. The van der Waals surface area contributed by atoms with Crippen LogP contribution in [0.5, 0.6) is 0 Å². The fraction of sp³-hybridized carbons (Fsp3) is 0.429. The molecule has 3 N–H and O–H groups in total. The third-order valence-corrected chi connectivity index (χ3v) is 5.28. The minimum absolute atomic E-state index is 0. The average Bonchev–Trinajstić information content (AvgIpc) is 2.73. The van der Waals surface area contributed by atoms with Crippen molar-refractivity contribution in [3.63, 3.8) is 0 Å². The van der Waals surface area contributed by atoms with Gasteiger partial charge in [0.2, 0.25) is 0 Å². The summed E-state index contributed by atoms with van der Waals surface area (Å²) < 4.78 is 19.8. The van der Waals surface area contributed by atoms with Crippen LogP contribution in [0, 0.1) is 5.82 Å². The highest BCUT2D eigenvalue weighted by atomic mass is 127. The fourth-order valence-electron chi connectivity index (χ4n) is 3.82. The minimum Gasteiger partial charge on any atom is -0.378 e. The molecule has 0 amide bonds. The number of nitrogens with one attached hydrogen (secondary N) is 1. The van der Waals surface area contributed by atoms with Gasteiger partial charge in [0.15, 0.2) is 17.6 Å². The minimum atomic E-state index is -0.335. The number of hydrogen-bond donors (Lipinski definition) is 2. The van der Waals surface area contributed by atoms with Crippen LogP contribution in [-0.2, 0) is 24.1 Å². The molecule has 2 heterocycles. The van der Waals surface area contributed by atoms with Crippen molar-refractivity contribution in [2.45, 2.75) is 32.2 Å². The van der Waals surface area contributed by atoms with Crippen LogP contribution in [0.3, 0.4) is 0 Å². The van der Waals surface area contributed by atoms with E-state index >= 15 is 0 Å². The van der Waals surface area contributed by atoms with Crippen molar-refractivity contribution in [2.24, 2.45) is 10.7 Å². The van der Waals surface area contributed by atoms with Crippen LogP contribution in [0.1, 0.15) is 29.5 Å². The van der Waals surface area contributed by atoms with E-state index in [1.807, 2.05) is 17.0 Å². The van der Waals surface area contributed by atoms with Gasteiger partial charge in [-0.05, 0) is 54.5 Å². The van der Waals surface area contributed by atoms with Gasteiger partial charge >= 0.3 is 0 Å². The second-order valence-corrected chi connectivity index (χ2v) is 7.23. The van der Waals surface area contributed by atoms with Gasteiger partial charge in [-0.25, -0.2) is 14.4 Å². The first-order valence-corrected chi connectivity index (χ1v) is 9.85. The number of hydrogen-bond acceptors (Lipinski definition) is 4. The van der Waals surface area contributed by atoms with Crippen molar-refractivity contribution in [3.05, 3.63) is 53.0 Å². The second kappa shape index (κ2) is 10.2. The number of ether oxygens (including phenoxy) is 1. The van der Waals surface area contributed by atoms with Crippen LogP contribution in [0.4, 0.5) is 15.9 Å². The number of aromatic nitrogens is 1. The predicted octanol–water partition coefficient (Wildman–Crippen LogP) is 3.48. The van der Waals surface area contributed by atoms with Gasteiger partial charge in [0, 0.05) is 25.0 Å². The standard InChI is InChI=1S/C21H26FN5O.HI/c22-18-12-15(13-24-20(18)27-8-10-28-11-9-27)14-25-21(23)26-19-7-3-5-16-4-1-2-6-17(16)19;/h3,5,7,12-13H,1-2,4,6,8-11,14H2,(H3,23,25,26);1H. The number of morpholine rings is 1. The average molecular weight is 511 g/mol. The third kappa shape index (κ3) is 5.36. The fourth-order valence-corrected chi connectivity index (χ4v) is 3.82. The van der Waals surface area contributed by atoms with Crippen molar-refractivity contribution in [1.29, 1.82) is 0 Å². The summed E-state index contributed by atoms with van der Waals surface area (Å²) >= 11 is 0. The quantitative estimate of drug-likeness (QED) is 0.374. The Morgan fingerprint density at radius 2 is 2.03 bits per heavy atom. The van der Waals surface area contributed by atoms with Gasteiger partial charge in [-0.1, -0.05) is 12.1 Å². The molecule has 0 spiro atoms. The largest absolute Gasteiger partial charge is 0.378 e. The number of aryl methyl sites for hydroxylation is 1. The molecule has 1 aliphatic heterocycles. The van der Waals surface area contributed by atoms with E-state index in [1.165, 1.54) is 30.0 Å². The van der Waals surface area contributed by atoms with Gasteiger partial charge < -0.3 is 20.7 Å². The molecule has 1 aromatic carbocycles. The summed E-state index contributed by atoms with van der Waals surface area (Å²) in [6.07, 6.45) is 6.27. The van der Waals surface area contributed by atoms with Gasteiger partial charge in [-0.15, -0.1) is 24.0 Å². The monoisotopic (exact) mass is 511 g/mol. The highest BCUT2D eigenvalue weighted by molar-refractivity contribution is 14.0. The number of halogens is 2. The molecule has 4 rings (SSSR count). The normalized spacial score (nSPS) is 16.7. The molecule has 0 saturated carbocycles. The maximum absolute atomic E-state index is 14.5. The summed E-state index contributed by atoms with van der Waals surface area (Å²) in [5.74, 6) is 0.368. The number of anilines is 2. The summed E-state index contributed by atoms with van der Waals surface area (Å²) in [7, 11) is 0. The molecule has 0 radical (unpaired) electrons. The first-order valence-electron chi connectivity index (χ1n) is 9.85. The van der Waals surface area contributed by atoms with Gasteiger partial charge in [0.1, 0.15) is 0 Å². The van der Waals surface area contributed by atoms with Crippen LogP contribution in [0.2, 0.25) is 0 Å². The number of fused-ring (bicyclic) bond motifs is 1. The van der Waals surface area contributed by atoms with E-state index in [1.54, 1.807) is 6.20 Å². The smallest absolute Gasteiger partial charge is 0.193 e. The first-order chi connectivity index (χ1) is 13.7. The number of benzene rings is 1.